The lowest BCUT2D eigenvalue weighted by Crippen LogP contribution is -2.47. The van der Waals surface area contributed by atoms with E-state index in [1.165, 1.54) is 15.4 Å². The highest BCUT2D eigenvalue weighted by molar-refractivity contribution is 7.88. The minimum Gasteiger partial charge on any atom is -0.384 e. The smallest absolute Gasteiger partial charge is 0.211 e. The van der Waals surface area contributed by atoms with Gasteiger partial charge < -0.3 is 5.11 Å². The van der Waals surface area contributed by atoms with Crippen LogP contribution in [0.15, 0.2) is 12.1 Å². The SMILES string of the molecule is CS(=O)(=O)N1CCN(Cc2ccc(C#CCO)s2)CC1. The average molecular weight is 314 g/mol. The first kappa shape index (κ1) is 15.5. The molecule has 1 aliphatic rings. The zero-order chi connectivity index (χ0) is 14.6. The number of piperazine rings is 1. The molecule has 110 valence electrons. The van der Waals surface area contributed by atoms with E-state index in [2.05, 4.69) is 16.7 Å². The Morgan fingerprint density at radius 2 is 2.00 bits per heavy atom. The third-order valence-corrected chi connectivity index (χ3v) is 5.42. The lowest BCUT2D eigenvalue weighted by molar-refractivity contribution is 0.183. The first-order valence-electron chi connectivity index (χ1n) is 6.35. The number of hydrogen-bond donors (Lipinski definition) is 1. The third-order valence-electron chi connectivity index (χ3n) is 3.13. The fourth-order valence-corrected chi connectivity index (χ4v) is 3.85. The molecule has 1 aliphatic heterocycles. The summed E-state index contributed by atoms with van der Waals surface area (Å²) in [5.41, 5.74) is 0. The van der Waals surface area contributed by atoms with Gasteiger partial charge in [-0.3, -0.25) is 4.90 Å². The second kappa shape index (κ2) is 6.70. The topological polar surface area (TPSA) is 60.9 Å². The quantitative estimate of drug-likeness (QED) is 0.808. The average Bonchev–Trinajstić information content (AvgIpc) is 2.83. The highest BCUT2D eigenvalue weighted by Crippen LogP contribution is 2.18. The van der Waals surface area contributed by atoms with Crippen molar-refractivity contribution in [3.8, 4) is 11.8 Å². The van der Waals surface area contributed by atoms with Crippen molar-refractivity contribution in [3.63, 3.8) is 0 Å². The summed E-state index contributed by atoms with van der Waals surface area (Å²) in [4.78, 5) is 4.40. The Hall–Kier alpha value is -0.910. The van der Waals surface area contributed by atoms with Crippen LogP contribution in [-0.2, 0) is 16.6 Å². The van der Waals surface area contributed by atoms with Gasteiger partial charge in [0.15, 0.2) is 0 Å². The molecule has 0 aliphatic carbocycles. The lowest BCUT2D eigenvalue weighted by Gasteiger charge is -2.32. The predicted molar refractivity (Wildman–Crippen MR) is 80.0 cm³/mol. The molecule has 0 atom stereocenters. The molecule has 1 aromatic rings. The minimum absolute atomic E-state index is 0.124. The highest BCUT2D eigenvalue weighted by atomic mass is 32.2. The normalized spacial score (nSPS) is 17.7. The molecule has 1 saturated heterocycles. The van der Waals surface area contributed by atoms with E-state index >= 15 is 0 Å². The first-order chi connectivity index (χ1) is 9.49. The number of aliphatic hydroxyl groups is 1. The van der Waals surface area contributed by atoms with E-state index in [1.54, 1.807) is 11.3 Å². The van der Waals surface area contributed by atoms with Crippen LogP contribution in [0.4, 0.5) is 0 Å². The Morgan fingerprint density at radius 3 is 2.60 bits per heavy atom. The summed E-state index contributed by atoms with van der Waals surface area (Å²) in [7, 11) is -3.06. The van der Waals surface area contributed by atoms with Gasteiger partial charge in [-0.25, -0.2) is 8.42 Å². The van der Waals surface area contributed by atoms with Crippen molar-refractivity contribution in [1.29, 1.82) is 0 Å². The van der Waals surface area contributed by atoms with Crippen LogP contribution >= 0.6 is 11.3 Å². The Labute approximate surface area is 123 Å². The zero-order valence-corrected chi connectivity index (χ0v) is 13.0. The molecule has 2 rings (SSSR count). The minimum atomic E-state index is -3.06. The van der Waals surface area contributed by atoms with Crippen LogP contribution in [-0.4, -0.2) is 61.8 Å². The van der Waals surface area contributed by atoms with Gasteiger partial charge in [0.05, 0.1) is 11.1 Å². The van der Waals surface area contributed by atoms with E-state index in [1.807, 2.05) is 12.1 Å². The number of nitrogens with zero attached hydrogens (tertiary/aromatic N) is 2. The zero-order valence-electron chi connectivity index (χ0n) is 11.4. The molecule has 1 aromatic heterocycles. The molecular formula is C13H18N2O3S2. The van der Waals surface area contributed by atoms with Gasteiger partial charge in [-0.15, -0.1) is 11.3 Å². The third kappa shape index (κ3) is 4.30. The molecule has 0 radical (unpaired) electrons. The van der Waals surface area contributed by atoms with Gasteiger partial charge in [-0.2, -0.15) is 4.31 Å². The lowest BCUT2D eigenvalue weighted by atomic mass is 10.3. The maximum atomic E-state index is 11.4. The molecule has 0 spiro atoms. The standard InChI is InChI=1S/C13H18N2O3S2/c1-20(17,18)15-8-6-14(7-9-15)11-13-5-4-12(19-13)3-2-10-16/h4-5,16H,6-11H2,1H3. The molecule has 0 bridgehead atoms. The van der Waals surface area contributed by atoms with E-state index in [-0.39, 0.29) is 6.61 Å². The Balaban J connectivity index is 1.88. The van der Waals surface area contributed by atoms with Gasteiger partial charge in [0, 0.05) is 37.6 Å². The van der Waals surface area contributed by atoms with E-state index in [9.17, 15) is 8.42 Å². The van der Waals surface area contributed by atoms with Crippen molar-refractivity contribution in [2.75, 3.05) is 39.0 Å². The van der Waals surface area contributed by atoms with Gasteiger partial charge in [-0.05, 0) is 12.1 Å². The maximum absolute atomic E-state index is 11.4. The number of rotatable bonds is 3. The summed E-state index contributed by atoms with van der Waals surface area (Å²) in [6, 6.07) is 3.99. The number of hydrogen-bond acceptors (Lipinski definition) is 5. The second-order valence-electron chi connectivity index (χ2n) is 4.66. The molecule has 20 heavy (non-hydrogen) atoms. The van der Waals surface area contributed by atoms with Crippen molar-refractivity contribution < 1.29 is 13.5 Å². The first-order valence-corrected chi connectivity index (χ1v) is 9.01. The van der Waals surface area contributed by atoms with Gasteiger partial charge in [-0.1, -0.05) is 11.8 Å². The molecule has 2 heterocycles. The van der Waals surface area contributed by atoms with Gasteiger partial charge in [0.2, 0.25) is 10.0 Å². The molecular weight excluding hydrogens is 296 g/mol. The fourth-order valence-electron chi connectivity index (χ4n) is 2.10. The molecule has 0 saturated carbocycles. The van der Waals surface area contributed by atoms with Crippen molar-refractivity contribution >= 4 is 21.4 Å². The van der Waals surface area contributed by atoms with Crippen LogP contribution in [0.25, 0.3) is 0 Å². The summed E-state index contributed by atoms with van der Waals surface area (Å²) in [5, 5.41) is 8.66. The summed E-state index contributed by atoms with van der Waals surface area (Å²) >= 11 is 1.61. The number of thiophene rings is 1. The van der Waals surface area contributed by atoms with E-state index < -0.39 is 10.0 Å². The van der Waals surface area contributed by atoms with Crippen LogP contribution in [0.3, 0.4) is 0 Å². The van der Waals surface area contributed by atoms with Gasteiger partial charge in [0.25, 0.3) is 0 Å². The monoisotopic (exact) mass is 314 g/mol. The van der Waals surface area contributed by atoms with E-state index in [4.69, 9.17) is 5.11 Å². The number of aliphatic hydroxyl groups excluding tert-OH is 1. The van der Waals surface area contributed by atoms with Crippen LogP contribution in [0.2, 0.25) is 0 Å². The Bertz CT molecular complexity index is 605. The summed E-state index contributed by atoms with van der Waals surface area (Å²) in [6.07, 6.45) is 1.26. The van der Waals surface area contributed by atoms with Crippen molar-refractivity contribution in [2.24, 2.45) is 0 Å². The summed E-state index contributed by atoms with van der Waals surface area (Å²) in [5.74, 6) is 5.52. The van der Waals surface area contributed by atoms with E-state index in [0.29, 0.717) is 13.1 Å². The second-order valence-corrected chi connectivity index (χ2v) is 7.81. The Morgan fingerprint density at radius 1 is 1.30 bits per heavy atom. The van der Waals surface area contributed by atoms with Crippen molar-refractivity contribution in [3.05, 3.63) is 21.9 Å². The maximum Gasteiger partial charge on any atom is 0.211 e. The molecule has 1 N–H and O–H groups in total. The van der Waals surface area contributed by atoms with Crippen LogP contribution < -0.4 is 0 Å². The largest absolute Gasteiger partial charge is 0.384 e. The van der Waals surface area contributed by atoms with Crippen LogP contribution in [0.1, 0.15) is 9.75 Å². The molecule has 0 aromatic carbocycles. The summed E-state index contributed by atoms with van der Waals surface area (Å²) < 4.78 is 24.4. The highest BCUT2D eigenvalue weighted by Gasteiger charge is 2.23. The van der Waals surface area contributed by atoms with Gasteiger partial charge >= 0.3 is 0 Å². The van der Waals surface area contributed by atoms with Gasteiger partial charge in [0.1, 0.15) is 6.61 Å². The molecule has 0 amide bonds. The molecule has 5 nitrogen and oxygen atoms in total. The van der Waals surface area contributed by atoms with Crippen molar-refractivity contribution in [1.82, 2.24) is 9.21 Å². The van der Waals surface area contributed by atoms with Crippen LogP contribution in [0, 0.1) is 11.8 Å². The van der Waals surface area contributed by atoms with Crippen molar-refractivity contribution in [2.45, 2.75) is 6.54 Å². The fraction of sp³-hybridized carbons (Fsp3) is 0.538. The van der Waals surface area contributed by atoms with E-state index in [0.717, 1.165) is 24.5 Å². The molecule has 7 heteroatoms. The summed E-state index contributed by atoms with van der Waals surface area (Å²) in [6.45, 7) is 3.32. The molecule has 0 unspecified atom stereocenters. The Kier molecular flexibility index (Phi) is 5.18. The number of sulfonamides is 1. The molecule has 1 fully saturated rings. The van der Waals surface area contributed by atoms with Crippen LogP contribution in [0.5, 0.6) is 0 Å². The predicted octanol–water partition coefficient (Wildman–Crippen LogP) is 0.169.